The van der Waals surface area contributed by atoms with Crippen molar-refractivity contribution in [2.24, 2.45) is 5.73 Å². The summed E-state index contributed by atoms with van der Waals surface area (Å²) in [6.07, 6.45) is 5.27. The topological polar surface area (TPSA) is 92.5 Å². The number of hydrogen-bond donors (Lipinski definition) is 3. The number of anilines is 1. The molecule has 142 valence electrons. The van der Waals surface area contributed by atoms with Crippen LogP contribution in [0, 0.1) is 0 Å². The standard InChI is InChI=1S/C17H20N6.3ClH/c18-10-4-7-15(20-14-5-2-1-3-6-14)17-21-16(22-23-17)13-8-11-19-12-9-13;;;/h1-3,5-6,8-9,11-12,15,20H,4,7,10,18H2,(H,21,22,23);3*1H. The van der Waals surface area contributed by atoms with E-state index in [4.69, 9.17) is 5.73 Å². The molecule has 3 rings (SSSR count). The fourth-order valence-electron chi connectivity index (χ4n) is 2.40. The zero-order valence-corrected chi connectivity index (χ0v) is 16.5. The highest BCUT2D eigenvalue weighted by Gasteiger charge is 2.16. The molecule has 0 aliphatic rings. The van der Waals surface area contributed by atoms with Crippen molar-refractivity contribution >= 4 is 42.9 Å². The highest BCUT2D eigenvalue weighted by atomic mass is 35.5. The van der Waals surface area contributed by atoms with Crippen molar-refractivity contribution in [3.8, 4) is 11.4 Å². The van der Waals surface area contributed by atoms with Gasteiger partial charge in [0, 0.05) is 23.6 Å². The third-order valence-corrected chi connectivity index (χ3v) is 3.58. The molecule has 0 saturated heterocycles. The van der Waals surface area contributed by atoms with Crippen molar-refractivity contribution in [2.75, 3.05) is 11.9 Å². The van der Waals surface area contributed by atoms with Gasteiger partial charge < -0.3 is 11.1 Å². The van der Waals surface area contributed by atoms with E-state index in [0.29, 0.717) is 12.4 Å². The molecule has 2 heterocycles. The molecule has 0 spiro atoms. The molecule has 0 amide bonds. The van der Waals surface area contributed by atoms with Gasteiger partial charge in [-0.1, -0.05) is 18.2 Å². The Morgan fingerprint density at radius 1 is 1.00 bits per heavy atom. The first-order valence-electron chi connectivity index (χ1n) is 7.71. The first-order valence-corrected chi connectivity index (χ1v) is 7.71. The fraction of sp³-hybridized carbons (Fsp3) is 0.235. The number of rotatable bonds is 7. The predicted octanol–water partition coefficient (Wildman–Crippen LogP) is 4.02. The maximum atomic E-state index is 5.66. The summed E-state index contributed by atoms with van der Waals surface area (Å²) in [4.78, 5) is 8.65. The molecule has 0 aliphatic carbocycles. The van der Waals surface area contributed by atoms with Crippen LogP contribution in [-0.2, 0) is 0 Å². The van der Waals surface area contributed by atoms with Gasteiger partial charge in [-0.2, -0.15) is 5.10 Å². The molecular weight excluding hydrogens is 395 g/mol. The summed E-state index contributed by atoms with van der Waals surface area (Å²) >= 11 is 0. The minimum absolute atomic E-state index is 0. The zero-order chi connectivity index (χ0) is 15.9. The molecule has 6 nitrogen and oxygen atoms in total. The second kappa shape index (κ2) is 12.5. The summed E-state index contributed by atoms with van der Waals surface area (Å²) in [5.74, 6) is 1.49. The Labute approximate surface area is 171 Å². The van der Waals surface area contributed by atoms with Crippen molar-refractivity contribution in [1.82, 2.24) is 20.2 Å². The van der Waals surface area contributed by atoms with Gasteiger partial charge in [-0.05, 0) is 43.7 Å². The molecule has 0 radical (unpaired) electrons. The van der Waals surface area contributed by atoms with Crippen LogP contribution in [0.2, 0.25) is 0 Å². The van der Waals surface area contributed by atoms with Crippen molar-refractivity contribution in [3.63, 3.8) is 0 Å². The number of nitrogens with two attached hydrogens (primary N) is 1. The quantitative estimate of drug-likeness (QED) is 0.540. The Kier molecular flexibility index (Phi) is 11.6. The minimum atomic E-state index is 0. The number of para-hydroxylation sites is 1. The summed E-state index contributed by atoms with van der Waals surface area (Å²) in [7, 11) is 0. The molecule has 4 N–H and O–H groups in total. The highest BCUT2D eigenvalue weighted by Crippen LogP contribution is 2.23. The molecule has 1 aromatic carbocycles. The lowest BCUT2D eigenvalue weighted by molar-refractivity contribution is 0.622. The maximum absolute atomic E-state index is 5.66. The fourth-order valence-corrected chi connectivity index (χ4v) is 2.40. The van der Waals surface area contributed by atoms with Gasteiger partial charge in [-0.3, -0.25) is 10.1 Å². The molecule has 1 unspecified atom stereocenters. The summed E-state index contributed by atoms with van der Waals surface area (Å²) in [5, 5.41) is 10.9. The van der Waals surface area contributed by atoms with E-state index in [2.05, 4.69) is 25.5 Å². The maximum Gasteiger partial charge on any atom is 0.181 e. The van der Waals surface area contributed by atoms with Crippen LogP contribution in [0.15, 0.2) is 54.9 Å². The van der Waals surface area contributed by atoms with Gasteiger partial charge in [0.15, 0.2) is 5.82 Å². The van der Waals surface area contributed by atoms with Crippen molar-refractivity contribution in [2.45, 2.75) is 18.9 Å². The number of benzene rings is 1. The minimum Gasteiger partial charge on any atom is -0.375 e. The molecule has 9 heteroatoms. The SMILES string of the molecule is Cl.Cl.Cl.NCCCC(Nc1ccccc1)c1nc(-c2ccncc2)n[nH]1. The Bertz CT molecular complexity index is 724. The van der Waals surface area contributed by atoms with Gasteiger partial charge in [-0.15, -0.1) is 37.2 Å². The van der Waals surface area contributed by atoms with Crippen LogP contribution in [0.3, 0.4) is 0 Å². The van der Waals surface area contributed by atoms with Gasteiger partial charge >= 0.3 is 0 Å². The summed E-state index contributed by atoms with van der Waals surface area (Å²) in [6.45, 7) is 0.651. The summed E-state index contributed by atoms with van der Waals surface area (Å²) in [6, 6.07) is 13.9. The Hall–Kier alpha value is -1.86. The average Bonchev–Trinajstić information content (AvgIpc) is 3.10. The van der Waals surface area contributed by atoms with E-state index >= 15 is 0 Å². The predicted molar refractivity (Wildman–Crippen MR) is 112 cm³/mol. The molecule has 0 aliphatic heterocycles. The molecule has 0 fully saturated rings. The average molecular weight is 418 g/mol. The van der Waals surface area contributed by atoms with E-state index in [9.17, 15) is 0 Å². The summed E-state index contributed by atoms with van der Waals surface area (Å²) in [5.41, 5.74) is 7.66. The van der Waals surface area contributed by atoms with Crippen LogP contribution in [0.25, 0.3) is 11.4 Å². The molecule has 0 saturated carbocycles. The highest BCUT2D eigenvalue weighted by molar-refractivity contribution is 5.86. The molecule has 1 atom stereocenters. The van der Waals surface area contributed by atoms with Crippen LogP contribution in [0.1, 0.15) is 24.7 Å². The van der Waals surface area contributed by atoms with Crippen LogP contribution < -0.4 is 11.1 Å². The largest absolute Gasteiger partial charge is 0.375 e. The number of pyridine rings is 1. The number of nitrogens with one attached hydrogen (secondary N) is 2. The molecule has 3 aromatic rings. The number of hydrogen-bond acceptors (Lipinski definition) is 5. The molecule has 2 aromatic heterocycles. The number of H-pyrrole nitrogens is 1. The zero-order valence-electron chi connectivity index (χ0n) is 14.0. The third kappa shape index (κ3) is 6.46. The number of nitrogens with zero attached hydrogens (tertiary/aromatic N) is 3. The lowest BCUT2D eigenvalue weighted by Crippen LogP contribution is -2.14. The number of halogens is 3. The first kappa shape index (κ1) is 24.1. The smallest absolute Gasteiger partial charge is 0.181 e. The van der Waals surface area contributed by atoms with Gasteiger partial charge in [0.1, 0.15) is 5.82 Å². The monoisotopic (exact) mass is 416 g/mol. The second-order valence-corrected chi connectivity index (χ2v) is 5.27. The van der Waals surface area contributed by atoms with Gasteiger partial charge in [0.05, 0.1) is 6.04 Å². The van der Waals surface area contributed by atoms with Crippen LogP contribution >= 0.6 is 37.2 Å². The first-order chi connectivity index (χ1) is 11.4. The van der Waals surface area contributed by atoms with E-state index in [1.165, 1.54) is 0 Å². The Morgan fingerprint density at radius 3 is 2.35 bits per heavy atom. The van der Waals surface area contributed by atoms with E-state index in [0.717, 1.165) is 29.9 Å². The Morgan fingerprint density at radius 2 is 1.69 bits per heavy atom. The van der Waals surface area contributed by atoms with Crippen molar-refractivity contribution < 1.29 is 0 Å². The van der Waals surface area contributed by atoms with Crippen LogP contribution in [0.4, 0.5) is 5.69 Å². The van der Waals surface area contributed by atoms with Crippen LogP contribution in [0.5, 0.6) is 0 Å². The van der Waals surface area contributed by atoms with E-state index in [1.807, 2.05) is 42.5 Å². The van der Waals surface area contributed by atoms with Gasteiger partial charge in [0.25, 0.3) is 0 Å². The van der Waals surface area contributed by atoms with Crippen molar-refractivity contribution in [3.05, 3.63) is 60.7 Å². The second-order valence-electron chi connectivity index (χ2n) is 5.27. The van der Waals surface area contributed by atoms with Crippen molar-refractivity contribution in [1.29, 1.82) is 0 Å². The summed E-state index contributed by atoms with van der Waals surface area (Å²) < 4.78 is 0. The molecular formula is C17H23Cl3N6. The van der Waals surface area contributed by atoms with Gasteiger partial charge in [0.2, 0.25) is 0 Å². The van der Waals surface area contributed by atoms with E-state index in [-0.39, 0.29) is 43.3 Å². The number of aromatic amines is 1. The van der Waals surface area contributed by atoms with E-state index < -0.39 is 0 Å². The lowest BCUT2D eigenvalue weighted by Gasteiger charge is -2.17. The van der Waals surface area contributed by atoms with E-state index in [1.54, 1.807) is 12.4 Å². The number of aromatic nitrogens is 4. The van der Waals surface area contributed by atoms with Gasteiger partial charge in [-0.25, -0.2) is 4.98 Å². The normalized spacial score (nSPS) is 10.7. The lowest BCUT2D eigenvalue weighted by atomic mass is 10.1. The Balaban J connectivity index is 0.00000208. The molecule has 0 bridgehead atoms. The van der Waals surface area contributed by atoms with Crippen LogP contribution in [-0.4, -0.2) is 26.7 Å². The molecule has 26 heavy (non-hydrogen) atoms. The third-order valence-electron chi connectivity index (χ3n) is 3.58.